The Hall–Kier alpha value is -4.93. The minimum absolute atomic E-state index is 0.0330. The van der Waals surface area contributed by atoms with Gasteiger partial charge in [-0.1, -0.05) is 13.0 Å². The van der Waals surface area contributed by atoms with E-state index in [4.69, 9.17) is 9.72 Å². The van der Waals surface area contributed by atoms with Gasteiger partial charge in [0.05, 0.1) is 23.4 Å². The number of hydrogen-bond donors (Lipinski definition) is 2. The van der Waals surface area contributed by atoms with E-state index in [-0.39, 0.29) is 47.3 Å². The number of hydrogen-bond acceptors (Lipinski definition) is 8. The molecule has 0 bridgehead atoms. The highest BCUT2D eigenvalue weighted by Crippen LogP contribution is 2.35. The Kier molecular flexibility index (Phi) is 9.72. The van der Waals surface area contributed by atoms with Gasteiger partial charge in [-0.15, -0.1) is 5.10 Å². The van der Waals surface area contributed by atoms with Crippen LogP contribution in [0, 0.1) is 12.7 Å². The van der Waals surface area contributed by atoms with E-state index in [1.54, 1.807) is 22.6 Å². The second-order valence-electron chi connectivity index (χ2n) is 14.1. The first-order valence-corrected chi connectivity index (χ1v) is 18.0. The smallest absolute Gasteiger partial charge is 0.381 e. The summed E-state index contributed by atoms with van der Waals surface area (Å²) in [6, 6.07) is 1.34. The number of aryl methyl sites for hydroxylation is 1. The number of amides is 1. The molecule has 4 heterocycles. The summed E-state index contributed by atoms with van der Waals surface area (Å²) in [6.07, 6.45) is 4.26. The van der Waals surface area contributed by atoms with E-state index in [0.717, 1.165) is 31.3 Å². The number of anilines is 3. The zero-order valence-corrected chi connectivity index (χ0v) is 30.1. The number of halogens is 4. The number of fused-ring (bicyclic) bond motifs is 1. The van der Waals surface area contributed by atoms with Gasteiger partial charge in [-0.3, -0.25) is 14.4 Å². The van der Waals surface area contributed by atoms with E-state index in [2.05, 4.69) is 15.5 Å². The van der Waals surface area contributed by atoms with Gasteiger partial charge in [-0.25, -0.2) is 9.07 Å². The van der Waals surface area contributed by atoms with Crippen LogP contribution >= 0.6 is 0 Å². The highest BCUT2D eigenvalue weighted by molar-refractivity contribution is 5.92. The van der Waals surface area contributed by atoms with Gasteiger partial charge in [0.25, 0.3) is 11.1 Å². The van der Waals surface area contributed by atoms with E-state index in [9.17, 15) is 31.9 Å². The van der Waals surface area contributed by atoms with Crippen LogP contribution in [0.15, 0.2) is 34.0 Å². The molecule has 1 aliphatic heterocycles. The van der Waals surface area contributed by atoms with Gasteiger partial charge in [0.2, 0.25) is 11.7 Å². The number of methoxy groups -OCH3 is 1. The first-order chi connectivity index (χ1) is 25.3. The van der Waals surface area contributed by atoms with Crippen LogP contribution in [0.4, 0.5) is 34.6 Å². The van der Waals surface area contributed by atoms with Crippen molar-refractivity contribution in [2.75, 3.05) is 41.9 Å². The molecular weight excluding hydrogens is 698 g/mol. The monoisotopic (exact) mass is 741 g/mol. The number of allylic oxidation sites excluding steroid dienone is 1. The molecule has 2 N–H and O–H groups in total. The lowest BCUT2D eigenvalue weighted by molar-refractivity contribution is -0.140. The molecule has 4 aromatic rings. The minimum Gasteiger partial charge on any atom is -0.381 e. The molecule has 0 spiro atoms. The molecule has 1 saturated carbocycles. The quantitative estimate of drug-likeness (QED) is 0.227. The molecule has 7 rings (SSSR count). The highest BCUT2D eigenvalue weighted by Gasteiger charge is 2.36. The number of nitrogens with one attached hydrogen (secondary N) is 2. The second-order valence-corrected chi connectivity index (χ2v) is 14.1. The van der Waals surface area contributed by atoms with E-state index in [0.29, 0.717) is 73.9 Å². The standard InChI is InChI=1S/C36H43F4N9O4/c1-5-28-31(45-13-14-46(21(3)18-45)29-17-41-48(33(29)51)23-7-6-8-23)34(52)49-35(43-32(44-49)22-9-11-24(53-4)12-10-22)47(28)19-30(50)42-27-16-26(37)25(15-20(27)2)36(38,39)40/h9,15-17,21,23-24,41H,5-8,10-14,18-19H2,1-4H3,(H,42,50)/t21-,24?/m1/s1. The van der Waals surface area contributed by atoms with E-state index < -0.39 is 29.0 Å². The topological polar surface area (TPSA) is 135 Å². The lowest BCUT2D eigenvalue weighted by Gasteiger charge is -2.41. The number of piperazine rings is 1. The van der Waals surface area contributed by atoms with Crippen molar-refractivity contribution in [1.82, 2.24) is 28.9 Å². The van der Waals surface area contributed by atoms with Crippen LogP contribution in [-0.2, 0) is 28.7 Å². The molecule has 3 aliphatic rings. The molecule has 0 radical (unpaired) electrons. The fourth-order valence-corrected chi connectivity index (χ4v) is 7.67. The molecule has 1 unspecified atom stereocenters. The number of benzene rings is 1. The third kappa shape index (κ3) is 6.74. The van der Waals surface area contributed by atoms with Crippen molar-refractivity contribution in [3.8, 4) is 0 Å². The van der Waals surface area contributed by atoms with Crippen molar-refractivity contribution in [2.45, 2.75) is 96.6 Å². The van der Waals surface area contributed by atoms with Gasteiger partial charge in [0.15, 0.2) is 5.82 Å². The predicted octanol–water partition coefficient (Wildman–Crippen LogP) is 5.07. The third-order valence-electron chi connectivity index (χ3n) is 10.8. The molecule has 17 heteroatoms. The van der Waals surface area contributed by atoms with Crippen LogP contribution in [0.3, 0.4) is 0 Å². The summed E-state index contributed by atoms with van der Waals surface area (Å²) in [7, 11) is 1.66. The summed E-state index contributed by atoms with van der Waals surface area (Å²) in [5.74, 6) is -1.69. The van der Waals surface area contributed by atoms with Crippen LogP contribution < -0.4 is 26.2 Å². The number of aromatic amines is 1. The van der Waals surface area contributed by atoms with Crippen LogP contribution in [0.25, 0.3) is 11.4 Å². The number of nitrogens with zero attached hydrogens (tertiary/aromatic N) is 7. The molecule has 1 aromatic carbocycles. The van der Waals surface area contributed by atoms with Crippen LogP contribution in [-0.4, -0.2) is 73.7 Å². The van der Waals surface area contributed by atoms with Gasteiger partial charge in [-0.2, -0.15) is 22.7 Å². The normalized spacial score (nSPS) is 19.8. The van der Waals surface area contributed by atoms with Gasteiger partial charge >= 0.3 is 6.18 Å². The maximum atomic E-state index is 14.5. The van der Waals surface area contributed by atoms with Crippen molar-refractivity contribution < 1.29 is 27.1 Å². The first-order valence-electron chi connectivity index (χ1n) is 18.0. The lowest BCUT2D eigenvalue weighted by Crippen LogP contribution is -2.55. The van der Waals surface area contributed by atoms with Crippen molar-refractivity contribution >= 4 is 34.3 Å². The summed E-state index contributed by atoms with van der Waals surface area (Å²) in [6.45, 7) is 6.05. The Morgan fingerprint density at radius 2 is 1.91 bits per heavy atom. The van der Waals surface area contributed by atoms with E-state index in [1.165, 1.54) is 11.4 Å². The largest absolute Gasteiger partial charge is 0.419 e. The molecule has 3 aromatic heterocycles. The van der Waals surface area contributed by atoms with Crippen LogP contribution in [0.1, 0.15) is 81.1 Å². The van der Waals surface area contributed by atoms with Crippen molar-refractivity contribution in [3.05, 3.63) is 73.6 Å². The fraction of sp³-hybridized carbons (Fsp3) is 0.528. The molecule has 1 amide bonds. The van der Waals surface area contributed by atoms with Crippen LogP contribution in [0.5, 0.6) is 0 Å². The van der Waals surface area contributed by atoms with Gasteiger partial charge < -0.3 is 29.5 Å². The molecule has 13 nitrogen and oxygen atoms in total. The van der Waals surface area contributed by atoms with Gasteiger partial charge in [-0.05, 0) is 82.1 Å². The van der Waals surface area contributed by atoms with E-state index >= 15 is 0 Å². The van der Waals surface area contributed by atoms with Gasteiger partial charge in [0, 0.05) is 44.7 Å². The number of H-pyrrole nitrogens is 1. The second kappa shape index (κ2) is 14.1. The number of rotatable bonds is 9. The number of aromatic nitrogens is 6. The van der Waals surface area contributed by atoms with Crippen LogP contribution in [0.2, 0.25) is 0 Å². The average Bonchev–Trinajstić information content (AvgIpc) is 3.71. The molecule has 2 atom stereocenters. The number of carbonyl (C=O) groups excluding carboxylic acids is 1. The maximum absolute atomic E-state index is 14.5. The maximum Gasteiger partial charge on any atom is 0.419 e. The summed E-state index contributed by atoms with van der Waals surface area (Å²) in [5, 5.41) is 10.3. The molecule has 1 saturated heterocycles. The SMILES string of the molecule is CCc1c(N2CCN(c3c[nH]n(C4CCC4)c3=O)[C@H](C)C2)c(=O)n2nc(C3=CCC(OC)CC3)nc2n1CC(=O)Nc1cc(F)c(C(F)(F)F)cc1C. The third-order valence-corrected chi connectivity index (χ3v) is 10.8. The number of alkyl halides is 3. The van der Waals surface area contributed by atoms with Crippen molar-refractivity contribution in [3.63, 3.8) is 0 Å². The zero-order chi connectivity index (χ0) is 37.8. The molecule has 53 heavy (non-hydrogen) atoms. The van der Waals surface area contributed by atoms with Gasteiger partial charge in [0.1, 0.15) is 23.7 Å². The average molecular weight is 742 g/mol. The number of ether oxygens (including phenoxy) is 1. The first kappa shape index (κ1) is 36.4. The molecule has 284 valence electrons. The van der Waals surface area contributed by atoms with Crippen molar-refractivity contribution in [1.29, 1.82) is 0 Å². The minimum atomic E-state index is -4.89. The Labute approximate surface area is 302 Å². The summed E-state index contributed by atoms with van der Waals surface area (Å²) in [4.78, 5) is 50.2. The fourth-order valence-electron chi connectivity index (χ4n) is 7.67. The Morgan fingerprint density at radius 3 is 2.53 bits per heavy atom. The lowest BCUT2D eigenvalue weighted by atomic mass is 9.93. The van der Waals surface area contributed by atoms with Crippen molar-refractivity contribution in [2.24, 2.45) is 0 Å². The summed E-state index contributed by atoms with van der Waals surface area (Å²) < 4.78 is 64.5. The number of carbonyl (C=O) groups is 1. The summed E-state index contributed by atoms with van der Waals surface area (Å²) in [5.41, 5.74) is 0.303. The Balaban J connectivity index is 1.25. The zero-order valence-electron chi connectivity index (χ0n) is 30.1. The summed E-state index contributed by atoms with van der Waals surface area (Å²) >= 11 is 0. The predicted molar refractivity (Wildman–Crippen MR) is 191 cm³/mol. The molecule has 2 aliphatic carbocycles. The Bertz CT molecular complexity index is 2200. The molecular formula is C36H43F4N9O4. The Morgan fingerprint density at radius 1 is 1.13 bits per heavy atom. The highest BCUT2D eigenvalue weighted by atomic mass is 19.4. The molecule has 2 fully saturated rings. The van der Waals surface area contributed by atoms with E-state index in [1.807, 2.05) is 29.7 Å².